The molecular weight excluding hydrogens is 452 g/mol. The second-order valence-electron chi connectivity index (χ2n) is 6.88. The van der Waals surface area contributed by atoms with Crippen LogP contribution in [0.5, 0.6) is 0 Å². The Morgan fingerprint density at radius 1 is 1.09 bits per heavy atom. The van der Waals surface area contributed by atoms with Gasteiger partial charge < -0.3 is 14.3 Å². The lowest BCUT2D eigenvalue weighted by atomic mass is 10.1. The summed E-state index contributed by atoms with van der Waals surface area (Å²) < 4.78 is 10.3. The van der Waals surface area contributed by atoms with E-state index in [4.69, 9.17) is 16.0 Å². The van der Waals surface area contributed by atoms with Crippen LogP contribution in [0.25, 0.3) is 17.4 Å². The molecule has 1 saturated heterocycles. The summed E-state index contributed by atoms with van der Waals surface area (Å²) >= 11 is 5.89. The Labute approximate surface area is 191 Å². The monoisotopic (exact) mass is 466 g/mol. The molecule has 0 radical (unpaired) electrons. The van der Waals surface area contributed by atoms with Gasteiger partial charge in [-0.3, -0.25) is 15.0 Å². The van der Waals surface area contributed by atoms with E-state index in [2.05, 4.69) is 10.2 Å². The maximum Gasteiger partial charge on any atom is 0.337 e. The van der Waals surface area contributed by atoms with Gasteiger partial charge in [-0.2, -0.15) is 0 Å². The van der Waals surface area contributed by atoms with Crippen LogP contribution in [0.4, 0.5) is 5.69 Å². The van der Waals surface area contributed by atoms with E-state index in [9.17, 15) is 24.3 Å². The zero-order valence-electron chi connectivity index (χ0n) is 17.0. The number of hydrogen-bond donors (Lipinski definition) is 2. The minimum Gasteiger partial charge on any atom is -0.478 e. The number of esters is 1. The van der Waals surface area contributed by atoms with Gasteiger partial charge in [0.05, 0.1) is 28.9 Å². The number of benzene rings is 2. The third-order valence-electron chi connectivity index (χ3n) is 4.83. The first kappa shape index (κ1) is 21.8. The maximum absolute atomic E-state index is 12.8. The highest BCUT2D eigenvalue weighted by molar-refractivity contribution is 6.33. The van der Waals surface area contributed by atoms with Crippen molar-refractivity contribution in [1.82, 2.24) is 5.43 Å². The summed E-state index contributed by atoms with van der Waals surface area (Å²) in [5.74, 6) is -2.38. The number of carboxylic acids is 1. The Morgan fingerprint density at radius 2 is 1.82 bits per heavy atom. The molecule has 166 valence electrons. The molecule has 2 N–H and O–H groups in total. The van der Waals surface area contributed by atoms with Gasteiger partial charge in [-0.05, 0) is 60.7 Å². The van der Waals surface area contributed by atoms with E-state index in [1.807, 2.05) is 0 Å². The van der Waals surface area contributed by atoms with Crippen molar-refractivity contribution in [2.24, 2.45) is 0 Å². The first-order valence-corrected chi connectivity index (χ1v) is 9.85. The molecule has 2 aromatic carbocycles. The number of amides is 2. The second-order valence-corrected chi connectivity index (χ2v) is 7.29. The number of methoxy groups -OCH3 is 1. The lowest BCUT2D eigenvalue weighted by Gasteiger charge is -2.14. The van der Waals surface area contributed by atoms with E-state index in [0.29, 0.717) is 22.6 Å². The molecule has 0 spiro atoms. The van der Waals surface area contributed by atoms with Crippen LogP contribution in [-0.4, -0.2) is 36.0 Å². The number of aromatic carboxylic acids is 1. The van der Waals surface area contributed by atoms with Crippen molar-refractivity contribution in [1.29, 1.82) is 0 Å². The number of ether oxygens (including phenoxy) is 1. The first-order chi connectivity index (χ1) is 15.8. The standard InChI is InChI=1S/C23H15ClN2O7/c1-32-23(31)12-2-5-14(6-3-12)26-21(28)17(20(27)25-26)11-15-7-9-19(33-15)13-4-8-18(24)16(10-13)22(29)30/h2-11H,1H3,(H,25,27)(H,29,30)/b17-11+. The Balaban J connectivity index is 1.58. The molecule has 9 nitrogen and oxygen atoms in total. The van der Waals surface area contributed by atoms with E-state index in [0.717, 1.165) is 5.01 Å². The fraction of sp³-hybridized carbons (Fsp3) is 0.0435. The Bertz CT molecular complexity index is 1320. The van der Waals surface area contributed by atoms with Crippen molar-refractivity contribution in [2.75, 3.05) is 12.1 Å². The number of hydrogen-bond acceptors (Lipinski definition) is 6. The molecule has 1 aliphatic heterocycles. The van der Waals surface area contributed by atoms with Crippen LogP contribution in [0, 0.1) is 0 Å². The molecule has 1 aromatic heterocycles. The molecule has 2 amide bonds. The summed E-state index contributed by atoms with van der Waals surface area (Å²) in [6, 6.07) is 13.5. The van der Waals surface area contributed by atoms with Gasteiger partial charge in [0.2, 0.25) is 0 Å². The van der Waals surface area contributed by atoms with Gasteiger partial charge in [-0.1, -0.05) is 11.6 Å². The number of halogens is 1. The molecule has 1 aliphatic rings. The number of rotatable bonds is 5. The van der Waals surface area contributed by atoms with E-state index in [1.54, 1.807) is 18.2 Å². The number of carboxylic acid groups (broad SMARTS) is 1. The van der Waals surface area contributed by atoms with E-state index >= 15 is 0 Å². The Morgan fingerprint density at radius 3 is 2.48 bits per heavy atom. The molecule has 0 saturated carbocycles. The first-order valence-electron chi connectivity index (χ1n) is 9.47. The molecule has 10 heteroatoms. The number of carbonyl (C=O) groups excluding carboxylic acids is 3. The fourth-order valence-electron chi connectivity index (χ4n) is 3.17. The van der Waals surface area contributed by atoms with Crippen LogP contribution < -0.4 is 10.4 Å². The topological polar surface area (TPSA) is 126 Å². The number of carbonyl (C=O) groups is 4. The van der Waals surface area contributed by atoms with Crippen LogP contribution in [0.1, 0.15) is 26.5 Å². The van der Waals surface area contributed by atoms with Crippen molar-refractivity contribution in [3.8, 4) is 11.3 Å². The summed E-state index contributed by atoms with van der Waals surface area (Å²) in [7, 11) is 1.26. The van der Waals surface area contributed by atoms with E-state index in [-0.39, 0.29) is 21.9 Å². The number of nitrogens with one attached hydrogen (secondary N) is 1. The molecule has 0 bridgehead atoms. The highest BCUT2D eigenvalue weighted by atomic mass is 35.5. The van der Waals surface area contributed by atoms with Crippen molar-refractivity contribution >= 4 is 47.1 Å². The number of hydrazine groups is 1. The van der Waals surface area contributed by atoms with Gasteiger partial charge in [-0.25, -0.2) is 14.6 Å². The number of anilines is 1. The molecule has 3 aromatic rings. The molecule has 4 rings (SSSR count). The van der Waals surface area contributed by atoms with Crippen molar-refractivity contribution < 1.29 is 33.4 Å². The van der Waals surface area contributed by atoms with Gasteiger partial charge in [-0.15, -0.1) is 0 Å². The summed E-state index contributed by atoms with van der Waals surface area (Å²) in [5.41, 5.74) is 3.34. The van der Waals surface area contributed by atoms with E-state index < -0.39 is 23.8 Å². The summed E-state index contributed by atoms with van der Waals surface area (Å²) in [5, 5.41) is 10.4. The molecule has 1 fully saturated rings. The van der Waals surface area contributed by atoms with Crippen LogP contribution in [0.2, 0.25) is 5.02 Å². The van der Waals surface area contributed by atoms with Crippen LogP contribution in [0.3, 0.4) is 0 Å². The quantitative estimate of drug-likeness (QED) is 0.334. The van der Waals surface area contributed by atoms with Gasteiger partial charge in [0.15, 0.2) is 0 Å². The summed E-state index contributed by atoms with van der Waals surface area (Å²) in [6.07, 6.45) is 1.29. The molecule has 0 unspecified atom stereocenters. The highest BCUT2D eigenvalue weighted by Crippen LogP contribution is 2.29. The third kappa shape index (κ3) is 4.21. The number of furan rings is 1. The predicted molar refractivity (Wildman–Crippen MR) is 118 cm³/mol. The fourth-order valence-corrected chi connectivity index (χ4v) is 3.37. The highest BCUT2D eigenvalue weighted by Gasteiger charge is 2.34. The van der Waals surface area contributed by atoms with Crippen molar-refractivity contribution in [3.05, 3.63) is 82.1 Å². The van der Waals surface area contributed by atoms with Gasteiger partial charge in [0.1, 0.15) is 17.1 Å². The SMILES string of the molecule is COC(=O)c1ccc(N2NC(=O)/C(=C\c3ccc(-c4ccc(Cl)c(C(=O)O)c4)o3)C2=O)cc1. The molecule has 2 heterocycles. The maximum atomic E-state index is 12.8. The third-order valence-corrected chi connectivity index (χ3v) is 5.16. The van der Waals surface area contributed by atoms with Crippen molar-refractivity contribution in [2.45, 2.75) is 0 Å². The zero-order valence-corrected chi connectivity index (χ0v) is 17.8. The molecule has 0 atom stereocenters. The molecule has 33 heavy (non-hydrogen) atoms. The summed E-state index contributed by atoms with van der Waals surface area (Å²) in [6.45, 7) is 0. The second kappa shape index (κ2) is 8.64. The van der Waals surface area contributed by atoms with E-state index in [1.165, 1.54) is 49.6 Å². The molecular formula is C23H15ClN2O7. The lowest BCUT2D eigenvalue weighted by molar-refractivity contribution is -0.117. The Hall–Kier alpha value is -4.37. The van der Waals surface area contributed by atoms with Gasteiger partial charge >= 0.3 is 11.9 Å². The predicted octanol–water partition coefficient (Wildman–Crippen LogP) is 3.55. The van der Waals surface area contributed by atoms with Crippen LogP contribution in [0.15, 0.2) is 64.6 Å². The minimum atomic E-state index is -1.18. The van der Waals surface area contributed by atoms with Crippen LogP contribution in [-0.2, 0) is 14.3 Å². The van der Waals surface area contributed by atoms with Crippen molar-refractivity contribution in [3.63, 3.8) is 0 Å². The normalized spacial score (nSPS) is 14.5. The summed E-state index contributed by atoms with van der Waals surface area (Å²) in [4.78, 5) is 48.0. The smallest absolute Gasteiger partial charge is 0.337 e. The lowest BCUT2D eigenvalue weighted by Crippen LogP contribution is -2.35. The number of nitrogens with zero attached hydrogens (tertiary/aromatic N) is 1. The average molecular weight is 467 g/mol. The molecule has 0 aliphatic carbocycles. The Kier molecular flexibility index (Phi) is 5.72. The van der Waals surface area contributed by atoms with Gasteiger partial charge in [0.25, 0.3) is 11.8 Å². The largest absolute Gasteiger partial charge is 0.478 e. The average Bonchev–Trinajstić information content (AvgIpc) is 3.39. The minimum absolute atomic E-state index is 0.0790. The zero-order chi connectivity index (χ0) is 23.7. The van der Waals surface area contributed by atoms with Gasteiger partial charge in [0, 0.05) is 5.56 Å². The van der Waals surface area contributed by atoms with Crippen LogP contribution >= 0.6 is 11.6 Å².